The number of allylic oxidation sites excluding steroid dienone is 2. The summed E-state index contributed by atoms with van der Waals surface area (Å²) in [6, 6.07) is 0. The second-order valence-corrected chi connectivity index (χ2v) is 6.05. The van der Waals surface area contributed by atoms with E-state index in [4.69, 9.17) is 4.74 Å². The predicted molar refractivity (Wildman–Crippen MR) is 73.6 cm³/mol. The van der Waals surface area contributed by atoms with Crippen LogP contribution in [0.4, 0.5) is 0 Å². The number of rotatable bonds is 0. The smallest absolute Gasteiger partial charge is 0.138 e. The minimum atomic E-state index is 0. The molecule has 0 radical (unpaired) electrons. The van der Waals surface area contributed by atoms with Crippen molar-refractivity contribution >= 4 is 12.4 Å². The summed E-state index contributed by atoms with van der Waals surface area (Å²) >= 11 is 0. The quantitative estimate of drug-likeness (QED) is 0.668. The highest BCUT2D eigenvalue weighted by atomic mass is 35.5. The third kappa shape index (κ3) is 1.60. The van der Waals surface area contributed by atoms with Gasteiger partial charge in [0.05, 0.1) is 5.70 Å². The second-order valence-electron chi connectivity index (χ2n) is 6.05. The van der Waals surface area contributed by atoms with Crippen LogP contribution in [0.3, 0.4) is 0 Å². The Bertz CT molecular complexity index is 420. The molecule has 100 valence electrons. The molecule has 0 saturated carbocycles. The predicted octanol–water partition coefficient (Wildman–Crippen LogP) is 2.01. The zero-order valence-corrected chi connectivity index (χ0v) is 11.7. The normalized spacial score (nSPS) is 40.8. The number of nitrogens with zero attached hydrogens (tertiary/aromatic N) is 2. The third-order valence-electron chi connectivity index (χ3n) is 5.04. The Kier molecular flexibility index (Phi) is 2.87. The number of halogens is 1. The SMILES string of the molecule is CN1CC=CC2=C1CC13CCN(CCC1O2)C3.Cl. The summed E-state index contributed by atoms with van der Waals surface area (Å²) in [6.07, 6.45) is 8.63. The summed E-state index contributed by atoms with van der Waals surface area (Å²) in [4.78, 5) is 4.97. The van der Waals surface area contributed by atoms with Crippen LogP contribution in [-0.4, -0.2) is 49.1 Å². The number of hydrogen-bond donors (Lipinski definition) is 0. The molecule has 2 fully saturated rings. The van der Waals surface area contributed by atoms with Crippen LogP contribution in [0.2, 0.25) is 0 Å². The second kappa shape index (κ2) is 4.17. The molecule has 4 heteroatoms. The molecule has 0 aromatic carbocycles. The van der Waals surface area contributed by atoms with Crippen molar-refractivity contribution in [2.75, 3.05) is 33.2 Å². The van der Waals surface area contributed by atoms with E-state index in [-0.39, 0.29) is 12.4 Å². The lowest BCUT2D eigenvalue weighted by atomic mass is 9.72. The van der Waals surface area contributed by atoms with Gasteiger partial charge in [0.2, 0.25) is 0 Å². The molecule has 3 unspecified atom stereocenters. The molecule has 3 atom stereocenters. The average Bonchev–Trinajstić information content (AvgIpc) is 2.66. The van der Waals surface area contributed by atoms with Gasteiger partial charge in [0, 0.05) is 38.5 Å². The van der Waals surface area contributed by atoms with Gasteiger partial charge in [0.1, 0.15) is 11.9 Å². The van der Waals surface area contributed by atoms with Crippen LogP contribution in [0.25, 0.3) is 0 Å². The van der Waals surface area contributed by atoms with E-state index in [9.17, 15) is 0 Å². The van der Waals surface area contributed by atoms with Crippen molar-refractivity contribution in [1.29, 1.82) is 0 Å². The highest BCUT2D eigenvalue weighted by Gasteiger charge is 2.52. The molecule has 0 aromatic rings. The van der Waals surface area contributed by atoms with E-state index in [2.05, 4.69) is 29.0 Å². The van der Waals surface area contributed by atoms with Gasteiger partial charge < -0.3 is 14.5 Å². The molecule has 1 spiro atoms. The first-order valence-electron chi connectivity index (χ1n) is 6.77. The van der Waals surface area contributed by atoms with Crippen LogP contribution in [0, 0.1) is 5.41 Å². The Balaban J connectivity index is 0.000001000. The van der Waals surface area contributed by atoms with Crippen molar-refractivity contribution in [3.8, 4) is 0 Å². The monoisotopic (exact) mass is 268 g/mol. The summed E-state index contributed by atoms with van der Waals surface area (Å²) in [5, 5.41) is 0. The zero-order valence-electron chi connectivity index (χ0n) is 10.9. The maximum atomic E-state index is 6.31. The van der Waals surface area contributed by atoms with E-state index >= 15 is 0 Å². The molecule has 3 nitrogen and oxygen atoms in total. The van der Waals surface area contributed by atoms with Crippen LogP contribution in [0.1, 0.15) is 19.3 Å². The highest BCUT2D eigenvalue weighted by Crippen LogP contribution is 2.50. The maximum absolute atomic E-state index is 6.31. The van der Waals surface area contributed by atoms with Crippen molar-refractivity contribution < 1.29 is 4.74 Å². The van der Waals surface area contributed by atoms with Gasteiger partial charge in [-0.2, -0.15) is 0 Å². The van der Waals surface area contributed by atoms with Gasteiger partial charge in [0.15, 0.2) is 0 Å². The molecule has 18 heavy (non-hydrogen) atoms. The minimum Gasteiger partial charge on any atom is -0.488 e. The molecule has 4 heterocycles. The number of ether oxygens (including phenoxy) is 1. The Labute approximate surface area is 115 Å². The summed E-state index contributed by atoms with van der Waals surface area (Å²) in [5.41, 5.74) is 1.86. The van der Waals surface area contributed by atoms with Crippen LogP contribution in [0.15, 0.2) is 23.6 Å². The first-order valence-corrected chi connectivity index (χ1v) is 6.77. The zero-order chi connectivity index (χ0) is 11.5. The Morgan fingerprint density at radius 3 is 3.17 bits per heavy atom. The van der Waals surface area contributed by atoms with E-state index in [1.807, 2.05) is 0 Å². The topological polar surface area (TPSA) is 15.7 Å². The molecule has 0 N–H and O–H groups in total. The van der Waals surface area contributed by atoms with Crippen molar-refractivity contribution in [3.63, 3.8) is 0 Å². The van der Waals surface area contributed by atoms with E-state index in [0.717, 1.165) is 12.3 Å². The van der Waals surface area contributed by atoms with Gasteiger partial charge in [0.25, 0.3) is 0 Å². The fourth-order valence-electron chi connectivity index (χ4n) is 4.01. The Hall–Kier alpha value is -0.670. The van der Waals surface area contributed by atoms with Crippen molar-refractivity contribution in [2.24, 2.45) is 5.41 Å². The van der Waals surface area contributed by atoms with Crippen LogP contribution in [0.5, 0.6) is 0 Å². The van der Waals surface area contributed by atoms with Crippen LogP contribution in [-0.2, 0) is 4.74 Å². The number of fused-ring (bicyclic) bond motifs is 1. The molecule has 4 aliphatic heterocycles. The highest BCUT2D eigenvalue weighted by molar-refractivity contribution is 5.85. The lowest BCUT2D eigenvalue weighted by Crippen LogP contribution is -2.49. The van der Waals surface area contributed by atoms with Crippen LogP contribution >= 0.6 is 12.4 Å². The summed E-state index contributed by atoms with van der Waals surface area (Å²) in [6.45, 7) is 4.80. The number of likely N-dealkylation sites (N-methyl/N-ethyl adjacent to an activating group) is 1. The molecule has 2 saturated heterocycles. The Morgan fingerprint density at radius 1 is 1.39 bits per heavy atom. The van der Waals surface area contributed by atoms with Gasteiger partial charge in [-0.05, 0) is 25.5 Å². The number of hydrogen-bond acceptors (Lipinski definition) is 3. The first kappa shape index (κ1) is 12.4. The lowest BCUT2D eigenvalue weighted by Gasteiger charge is -2.47. The molecule has 4 rings (SSSR count). The van der Waals surface area contributed by atoms with Crippen molar-refractivity contribution in [1.82, 2.24) is 9.80 Å². The largest absolute Gasteiger partial charge is 0.488 e. The van der Waals surface area contributed by atoms with E-state index in [1.54, 1.807) is 0 Å². The average molecular weight is 269 g/mol. The van der Waals surface area contributed by atoms with E-state index < -0.39 is 0 Å². The number of piperidine rings is 1. The molecular formula is C14H21ClN2O. The van der Waals surface area contributed by atoms with Gasteiger partial charge in [-0.15, -0.1) is 12.4 Å². The molecule has 0 aliphatic carbocycles. The van der Waals surface area contributed by atoms with E-state index in [0.29, 0.717) is 11.5 Å². The fraction of sp³-hybridized carbons (Fsp3) is 0.714. The molecule has 4 aliphatic rings. The van der Waals surface area contributed by atoms with Crippen molar-refractivity contribution in [3.05, 3.63) is 23.6 Å². The fourth-order valence-corrected chi connectivity index (χ4v) is 4.01. The molecule has 2 bridgehead atoms. The Morgan fingerprint density at radius 2 is 2.28 bits per heavy atom. The van der Waals surface area contributed by atoms with Gasteiger partial charge in [-0.3, -0.25) is 0 Å². The first-order chi connectivity index (χ1) is 8.27. The maximum Gasteiger partial charge on any atom is 0.138 e. The van der Waals surface area contributed by atoms with Gasteiger partial charge >= 0.3 is 0 Å². The van der Waals surface area contributed by atoms with Crippen LogP contribution < -0.4 is 0 Å². The van der Waals surface area contributed by atoms with Gasteiger partial charge in [-0.25, -0.2) is 0 Å². The lowest BCUT2D eigenvalue weighted by molar-refractivity contribution is -0.0480. The molecular weight excluding hydrogens is 248 g/mol. The summed E-state index contributed by atoms with van der Waals surface area (Å²) in [5.74, 6) is 1.15. The summed E-state index contributed by atoms with van der Waals surface area (Å²) < 4.78 is 6.31. The molecule has 0 amide bonds. The summed E-state index contributed by atoms with van der Waals surface area (Å²) in [7, 11) is 2.19. The van der Waals surface area contributed by atoms with E-state index in [1.165, 1.54) is 44.6 Å². The minimum absolute atomic E-state index is 0. The molecule has 0 aromatic heterocycles. The third-order valence-corrected chi connectivity index (χ3v) is 5.04. The van der Waals surface area contributed by atoms with Gasteiger partial charge in [-0.1, -0.05) is 6.08 Å². The standard InChI is InChI=1S/C14H20N2O.ClH/c1-15-6-2-3-12-11(15)9-14-5-8-16(10-14)7-4-13(14)17-12;/h2-3,13H,4-10H2,1H3;1H. The van der Waals surface area contributed by atoms with Crippen molar-refractivity contribution in [2.45, 2.75) is 25.4 Å².